The van der Waals surface area contributed by atoms with Crippen molar-refractivity contribution in [1.29, 1.82) is 0 Å². The standard InChI is InChI=1S/C26H29ClFN3O2/c27-19-8-6-18(7-9-19)25-30-22-11-10-20(28)16-23(22)31(25)24(17-12-14-33-15-13-17)26(32)29-21-4-2-1-3-5-21/h6-11,16-17,21,24H,1-5,12-15H2,(H,29,32)/t24-/m0/s1. The fraction of sp³-hybridized carbons (Fsp3) is 0.462. The molecular formula is C26H29ClFN3O2. The van der Waals surface area contributed by atoms with E-state index >= 15 is 0 Å². The molecule has 1 amide bonds. The molecule has 2 heterocycles. The average Bonchev–Trinajstić information content (AvgIpc) is 3.19. The number of nitrogens with zero attached hydrogens (tertiary/aromatic N) is 2. The van der Waals surface area contributed by atoms with Crippen molar-refractivity contribution in [2.75, 3.05) is 13.2 Å². The van der Waals surface area contributed by atoms with Gasteiger partial charge < -0.3 is 14.6 Å². The topological polar surface area (TPSA) is 56.1 Å². The van der Waals surface area contributed by atoms with Crippen molar-refractivity contribution in [3.05, 3.63) is 53.3 Å². The Hall–Kier alpha value is -2.44. The van der Waals surface area contributed by atoms with Crippen molar-refractivity contribution in [2.24, 2.45) is 5.92 Å². The molecular weight excluding hydrogens is 441 g/mol. The normalized spacial score (nSPS) is 19.0. The highest BCUT2D eigenvalue weighted by atomic mass is 35.5. The van der Waals surface area contributed by atoms with Crippen LogP contribution in [-0.2, 0) is 9.53 Å². The zero-order valence-electron chi connectivity index (χ0n) is 18.6. The highest BCUT2D eigenvalue weighted by molar-refractivity contribution is 6.30. The smallest absolute Gasteiger partial charge is 0.243 e. The Kier molecular flexibility index (Phi) is 6.65. The molecule has 1 N–H and O–H groups in total. The fourth-order valence-corrected chi connectivity index (χ4v) is 5.38. The molecule has 0 unspecified atom stereocenters. The van der Waals surface area contributed by atoms with Gasteiger partial charge in [-0.25, -0.2) is 9.37 Å². The lowest BCUT2D eigenvalue weighted by atomic mass is 9.89. The molecule has 1 atom stereocenters. The van der Waals surface area contributed by atoms with E-state index < -0.39 is 6.04 Å². The molecule has 2 fully saturated rings. The van der Waals surface area contributed by atoms with E-state index in [9.17, 15) is 9.18 Å². The van der Waals surface area contributed by atoms with Gasteiger partial charge in [0.05, 0.1) is 11.0 Å². The number of hydrogen-bond donors (Lipinski definition) is 1. The Morgan fingerprint density at radius 1 is 1.06 bits per heavy atom. The van der Waals surface area contributed by atoms with Crippen molar-refractivity contribution in [2.45, 2.75) is 57.0 Å². The number of ether oxygens (including phenoxy) is 1. The molecule has 0 spiro atoms. The number of carbonyl (C=O) groups is 1. The maximum atomic E-state index is 14.4. The molecule has 3 aromatic rings. The van der Waals surface area contributed by atoms with E-state index in [4.69, 9.17) is 21.3 Å². The van der Waals surface area contributed by atoms with E-state index in [1.165, 1.54) is 18.6 Å². The molecule has 1 saturated heterocycles. The number of carbonyl (C=O) groups excluding carboxylic acids is 1. The van der Waals surface area contributed by atoms with Crippen molar-refractivity contribution in [3.63, 3.8) is 0 Å². The van der Waals surface area contributed by atoms with Gasteiger partial charge in [0.1, 0.15) is 17.7 Å². The van der Waals surface area contributed by atoms with Gasteiger partial charge in [-0.1, -0.05) is 30.9 Å². The monoisotopic (exact) mass is 469 g/mol. The summed E-state index contributed by atoms with van der Waals surface area (Å²) in [6, 6.07) is 11.7. The number of aromatic nitrogens is 2. The van der Waals surface area contributed by atoms with Crippen LogP contribution < -0.4 is 5.32 Å². The molecule has 174 valence electrons. The first-order valence-corrected chi connectivity index (χ1v) is 12.3. The molecule has 0 radical (unpaired) electrons. The van der Waals surface area contributed by atoms with Crippen LogP contribution in [0.2, 0.25) is 5.02 Å². The number of halogens is 2. The van der Waals surface area contributed by atoms with Crippen molar-refractivity contribution >= 4 is 28.5 Å². The quantitative estimate of drug-likeness (QED) is 0.505. The Bertz CT molecular complexity index is 1120. The predicted molar refractivity (Wildman–Crippen MR) is 128 cm³/mol. The molecule has 0 bridgehead atoms. The molecule has 1 aliphatic carbocycles. The first-order chi connectivity index (χ1) is 16.1. The first-order valence-electron chi connectivity index (χ1n) is 11.9. The van der Waals surface area contributed by atoms with Crippen LogP contribution in [0.25, 0.3) is 22.4 Å². The molecule has 5 nitrogen and oxygen atoms in total. The maximum absolute atomic E-state index is 14.4. The number of hydrogen-bond acceptors (Lipinski definition) is 3. The van der Waals surface area contributed by atoms with E-state index in [1.54, 1.807) is 6.07 Å². The Labute approximate surface area is 198 Å². The summed E-state index contributed by atoms with van der Waals surface area (Å²) >= 11 is 6.13. The molecule has 1 saturated carbocycles. The average molecular weight is 470 g/mol. The Morgan fingerprint density at radius 3 is 2.52 bits per heavy atom. The van der Waals surface area contributed by atoms with Gasteiger partial charge in [-0.05, 0) is 74.1 Å². The van der Waals surface area contributed by atoms with Gasteiger partial charge in [0, 0.05) is 29.8 Å². The van der Waals surface area contributed by atoms with Gasteiger partial charge in [-0.3, -0.25) is 4.79 Å². The summed E-state index contributed by atoms with van der Waals surface area (Å²) in [5, 5.41) is 3.96. The zero-order valence-corrected chi connectivity index (χ0v) is 19.4. The summed E-state index contributed by atoms with van der Waals surface area (Å²) in [5.41, 5.74) is 2.15. The van der Waals surface area contributed by atoms with Gasteiger partial charge >= 0.3 is 0 Å². The number of benzene rings is 2. The summed E-state index contributed by atoms with van der Waals surface area (Å²) in [7, 11) is 0. The molecule has 2 aromatic carbocycles. The third-order valence-corrected chi connectivity index (χ3v) is 7.22. The van der Waals surface area contributed by atoms with Crippen LogP contribution in [-0.4, -0.2) is 34.7 Å². The summed E-state index contributed by atoms with van der Waals surface area (Å²) in [4.78, 5) is 18.7. The van der Waals surface area contributed by atoms with Crippen LogP contribution in [0.4, 0.5) is 4.39 Å². The van der Waals surface area contributed by atoms with Gasteiger partial charge in [0.15, 0.2) is 0 Å². The highest BCUT2D eigenvalue weighted by Crippen LogP contribution is 2.36. The lowest BCUT2D eigenvalue weighted by molar-refractivity contribution is -0.127. The van der Waals surface area contributed by atoms with Crippen LogP contribution in [0.1, 0.15) is 51.0 Å². The molecule has 33 heavy (non-hydrogen) atoms. The van der Waals surface area contributed by atoms with Crippen molar-refractivity contribution in [3.8, 4) is 11.4 Å². The Balaban J connectivity index is 1.63. The van der Waals surface area contributed by atoms with E-state index in [1.807, 2.05) is 28.8 Å². The third kappa shape index (κ3) is 4.78. The lowest BCUT2D eigenvalue weighted by Gasteiger charge is -2.33. The van der Waals surface area contributed by atoms with Crippen molar-refractivity contribution < 1.29 is 13.9 Å². The van der Waals surface area contributed by atoms with Crippen LogP contribution in [0.3, 0.4) is 0 Å². The molecule has 7 heteroatoms. The van der Waals surface area contributed by atoms with E-state index in [0.717, 1.165) is 44.1 Å². The minimum absolute atomic E-state index is 0.00688. The number of fused-ring (bicyclic) bond motifs is 1. The summed E-state index contributed by atoms with van der Waals surface area (Å²) < 4.78 is 21.9. The number of amides is 1. The van der Waals surface area contributed by atoms with E-state index in [2.05, 4.69) is 5.32 Å². The van der Waals surface area contributed by atoms with Gasteiger partial charge in [0.2, 0.25) is 5.91 Å². The van der Waals surface area contributed by atoms with Gasteiger partial charge in [-0.2, -0.15) is 0 Å². The van der Waals surface area contributed by atoms with Crippen LogP contribution >= 0.6 is 11.6 Å². The highest BCUT2D eigenvalue weighted by Gasteiger charge is 2.35. The number of imidazole rings is 1. The molecule has 5 rings (SSSR count). The summed E-state index contributed by atoms with van der Waals surface area (Å²) in [6.45, 7) is 1.24. The lowest BCUT2D eigenvalue weighted by Crippen LogP contribution is -2.44. The predicted octanol–water partition coefficient (Wildman–Crippen LogP) is 5.91. The van der Waals surface area contributed by atoms with Gasteiger partial charge in [0.25, 0.3) is 0 Å². The maximum Gasteiger partial charge on any atom is 0.243 e. The second-order valence-electron chi connectivity index (χ2n) is 9.18. The largest absolute Gasteiger partial charge is 0.381 e. The van der Waals surface area contributed by atoms with Crippen LogP contribution in [0.5, 0.6) is 0 Å². The fourth-order valence-electron chi connectivity index (χ4n) is 5.26. The summed E-state index contributed by atoms with van der Waals surface area (Å²) in [5.74, 6) is 0.383. The number of nitrogens with one attached hydrogen (secondary N) is 1. The number of rotatable bonds is 5. The minimum Gasteiger partial charge on any atom is -0.381 e. The first kappa shape index (κ1) is 22.4. The Morgan fingerprint density at radius 2 is 1.79 bits per heavy atom. The third-order valence-electron chi connectivity index (χ3n) is 6.96. The zero-order chi connectivity index (χ0) is 22.8. The molecule has 1 aliphatic heterocycles. The van der Waals surface area contributed by atoms with E-state index in [0.29, 0.717) is 35.1 Å². The van der Waals surface area contributed by atoms with E-state index in [-0.39, 0.29) is 23.7 Å². The second kappa shape index (κ2) is 9.82. The molecule has 2 aliphatic rings. The van der Waals surface area contributed by atoms with Crippen LogP contribution in [0, 0.1) is 11.7 Å². The minimum atomic E-state index is -0.492. The van der Waals surface area contributed by atoms with Crippen LogP contribution in [0.15, 0.2) is 42.5 Å². The SMILES string of the molecule is O=C(NC1CCCCC1)[C@H](C1CCOCC1)n1c(-c2ccc(Cl)cc2)nc2ccc(F)cc21. The van der Waals surface area contributed by atoms with Crippen molar-refractivity contribution in [1.82, 2.24) is 14.9 Å². The molecule has 1 aromatic heterocycles. The second-order valence-corrected chi connectivity index (χ2v) is 9.62. The summed E-state index contributed by atoms with van der Waals surface area (Å²) in [6.07, 6.45) is 7.08. The van der Waals surface area contributed by atoms with Gasteiger partial charge in [-0.15, -0.1) is 0 Å².